The number of carbonyl (C=O) groups excluding carboxylic acids is 2. The van der Waals surface area contributed by atoms with Gasteiger partial charge in [-0.05, 0) is 44.5 Å². The number of anilines is 1. The van der Waals surface area contributed by atoms with Crippen molar-refractivity contribution in [2.75, 3.05) is 17.7 Å². The molecule has 3 aromatic rings. The number of esters is 1. The van der Waals surface area contributed by atoms with Crippen molar-refractivity contribution in [3.63, 3.8) is 0 Å². The summed E-state index contributed by atoms with van der Waals surface area (Å²) < 4.78 is 6.88. The Morgan fingerprint density at radius 3 is 2.45 bits per heavy atom. The molecule has 0 atom stereocenters. The highest BCUT2D eigenvalue weighted by molar-refractivity contribution is 8.00. The Hall–Kier alpha value is -3.06. The van der Waals surface area contributed by atoms with Crippen molar-refractivity contribution in [2.45, 2.75) is 25.7 Å². The highest BCUT2D eigenvalue weighted by Crippen LogP contribution is 2.23. The van der Waals surface area contributed by atoms with Gasteiger partial charge in [0.15, 0.2) is 6.61 Å². The summed E-state index contributed by atoms with van der Waals surface area (Å²) in [6.07, 6.45) is 0. The number of benzene rings is 2. The number of ether oxygens (including phenoxy) is 1. The van der Waals surface area contributed by atoms with Gasteiger partial charge in [-0.3, -0.25) is 9.59 Å². The number of rotatable bonds is 7. The van der Waals surface area contributed by atoms with Crippen molar-refractivity contribution in [3.8, 4) is 5.69 Å². The zero-order chi connectivity index (χ0) is 20.8. The van der Waals surface area contributed by atoms with Crippen LogP contribution < -0.4 is 5.32 Å². The summed E-state index contributed by atoms with van der Waals surface area (Å²) in [5, 5.41) is 7.29. The van der Waals surface area contributed by atoms with E-state index in [4.69, 9.17) is 4.74 Å². The summed E-state index contributed by atoms with van der Waals surface area (Å²) in [7, 11) is 0. The summed E-state index contributed by atoms with van der Waals surface area (Å²) in [6, 6.07) is 17.5. The Labute approximate surface area is 174 Å². The minimum atomic E-state index is -0.429. The molecule has 0 aliphatic carbocycles. The molecule has 0 radical (unpaired) electrons. The van der Waals surface area contributed by atoms with Crippen LogP contribution in [0.1, 0.15) is 17.0 Å². The molecule has 1 N–H and O–H groups in total. The first kappa shape index (κ1) is 20.7. The number of thioether (sulfide) groups is 1. The molecule has 0 spiro atoms. The molecule has 0 aliphatic heterocycles. The molecule has 1 aromatic heterocycles. The molecule has 0 saturated heterocycles. The number of aromatic nitrogens is 2. The van der Waals surface area contributed by atoms with Crippen molar-refractivity contribution in [1.29, 1.82) is 0 Å². The predicted molar refractivity (Wildman–Crippen MR) is 115 cm³/mol. The number of para-hydroxylation sites is 1. The van der Waals surface area contributed by atoms with Crippen molar-refractivity contribution in [3.05, 3.63) is 71.5 Å². The summed E-state index contributed by atoms with van der Waals surface area (Å²) in [5.74, 6) is -0.665. The highest BCUT2D eigenvalue weighted by atomic mass is 32.2. The summed E-state index contributed by atoms with van der Waals surface area (Å²) >= 11 is 1.40. The first-order valence-corrected chi connectivity index (χ1v) is 10.2. The molecule has 1 heterocycles. The second kappa shape index (κ2) is 9.43. The van der Waals surface area contributed by atoms with E-state index in [0.717, 1.165) is 21.8 Å². The lowest BCUT2D eigenvalue weighted by Crippen LogP contribution is -2.22. The van der Waals surface area contributed by atoms with Crippen LogP contribution >= 0.6 is 11.8 Å². The molecule has 0 fully saturated rings. The molecule has 0 bridgehead atoms. The second-order valence-corrected chi connectivity index (χ2v) is 7.57. The number of nitrogens with one attached hydrogen (secondary N) is 1. The largest absolute Gasteiger partial charge is 0.455 e. The molecule has 3 rings (SSSR count). The molecule has 0 aliphatic rings. The van der Waals surface area contributed by atoms with Gasteiger partial charge in [-0.2, -0.15) is 5.10 Å². The first-order valence-electron chi connectivity index (χ1n) is 9.21. The smallest absolute Gasteiger partial charge is 0.316 e. The maximum absolute atomic E-state index is 12.3. The zero-order valence-corrected chi connectivity index (χ0v) is 17.5. The molecular formula is C22H23N3O3S. The fourth-order valence-electron chi connectivity index (χ4n) is 2.86. The summed E-state index contributed by atoms with van der Waals surface area (Å²) in [5.41, 5.74) is 4.14. The van der Waals surface area contributed by atoms with Crippen LogP contribution in [0.25, 0.3) is 5.69 Å². The van der Waals surface area contributed by atoms with Crippen LogP contribution in [0.5, 0.6) is 0 Å². The summed E-state index contributed by atoms with van der Waals surface area (Å²) in [4.78, 5) is 25.3. The van der Waals surface area contributed by atoms with E-state index in [0.29, 0.717) is 11.4 Å². The number of amides is 1. The van der Waals surface area contributed by atoms with Crippen LogP contribution in [-0.2, 0) is 14.3 Å². The van der Waals surface area contributed by atoms with Crippen LogP contribution in [-0.4, -0.2) is 34.0 Å². The molecule has 150 valence electrons. The maximum atomic E-state index is 12.3. The molecule has 0 saturated carbocycles. The van der Waals surface area contributed by atoms with Gasteiger partial charge >= 0.3 is 5.97 Å². The van der Waals surface area contributed by atoms with E-state index in [2.05, 4.69) is 10.4 Å². The van der Waals surface area contributed by atoms with Crippen LogP contribution in [0.2, 0.25) is 0 Å². The lowest BCUT2D eigenvalue weighted by molar-refractivity contribution is -0.144. The molecule has 1 amide bonds. The molecule has 0 unspecified atom stereocenters. The van der Waals surface area contributed by atoms with E-state index in [9.17, 15) is 9.59 Å². The van der Waals surface area contributed by atoms with Crippen LogP contribution in [0.3, 0.4) is 0 Å². The fourth-order valence-corrected chi connectivity index (χ4v) is 3.69. The molecule has 2 aromatic carbocycles. The van der Waals surface area contributed by atoms with Gasteiger partial charge in [0.2, 0.25) is 0 Å². The Kier molecular flexibility index (Phi) is 6.72. The number of nitrogens with zero attached hydrogens (tertiary/aromatic N) is 2. The average Bonchev–Trinajstić information content (AvgIpc) is 3.00. The Morgan fingerprint density at radius 2 is 1.72 bits per heavy atom. The van der Waals surface area contributed by atoms with Crippen molar-refractivity contribution in [2.24, 2.45) is 0 Å². The summed E-state index contributed by atoms with van der Waals surface area (Å²) in [6.45, 7) is 5.37. The van der Waals surface area contributed by atoms with Gasteiger partial charge in [0.25, 0.3) is 5.91 Å². The van der Waals surface area contributed by atoms with Gasteiger partial charge in [-0.25, -0.2) is 4.68 Å². The Bertz CT molecular complexity index is 1020. The Morgan fingerprint density at radius 1 is 1.03 bits per heavy atom. The third-order valence-electron chi connectivity index (χ3n) is 4.36. The molecular weight excluding hydrogens is 386 g/mol. The lowest BCUT2D eigenvalue weighted by atomic mass is 10.2. The van der Waals surface area contributed by atoms with Gasteiger partial charge in [0, 0.05) is 4.90 Å². The standard InChI is InChI=1S/C22H23N3O3S/c1-15-9-7-8-12-19(15)29-14-21(27)28-13-20(26)23-22-16(2)24-25(17(22)3)18-10-5-4-6-11-18/h4-12H,13-14H2,1-3H3,(H,23,26). The minimum absolute atomic E-state index is 0.155. The second-order valence-electron chi connectivity index (χ2n) is 6.56. The Balaban J connectivity index is 1.54. The van der Waals surface area contributed by atoms with Crippen molar-refractivity contribution in [1.82, 2.24) is 9.78 Å². The van der Waals surface area contributed by atoms with Gasteiger partial charge in [-0.1, -0.05) is 36.4 Å². The van der Waals surface area contributed by atoms with Crippen molar-refractivity contribution < 1.29 is 14.3 Å². The number of hydrogen-bond donors (Lipinski definition) is 1. The SMILES string of the molecule is Cc1ccccc1SCC(=O)OCC(=O)Nc1c(C)nn(-c2ccccc2)c1C. The normalized spacial score (nSPS) is 10.6. The molecule has 29 heavy (non-hydrogen) atoms. The zero-order valence-electron chi connectivity index (χ0n) is 16.6. The van der Waals surface area contributed by atoms with Crippen LogP contribution in [0, 0.1) is 20.8 Å². The van der Waals surface area contributed by atoms with Crippen LogP contribution in [0.4, 0.5) is 5.69 Å². The van der Waals surface area contributed by atoms with E-state index >= 15 is 0 Å². The molecule has 7 heteroatoms. The topological polar surface area (TPSA) is 73.2 Å². The number of aryl methyl sites for hydroxylation is 2. The van der Waals surface area contributed by atoms with Crippen molar-refractivity contribution >= 4 is 29.3 Å². The number of hydrogen-bond acceptors (Lipinski definition) is 5. The van der Waals surface area contributed by atoms with E-state index in [1.807, 2.05) is 75.4 Å². The van der Waals surface area contributed by atoms with Gasteiger partial charge in [0.05, 0.1) is 28.5 Å². The quantitative estimate of drug-likeness (QED) is 0.470. The maximum Gasteiger partial charge on any atom is 0.316 e. The van der Waals surface area contributed by atoms with E-state index in [-0.39, 0.29) is 12.4 Å². The van der Waals surface area contributed by atoms with Gasteiger partial charge in [0.1, 0.15) is 0 Å². The monoisotopic (exact) mass is 409 g/mol. The first-order chi connectivity index (χ1) is 14.0. The average molecular weight is 410 g/mol. The third-order valence-corrected chi connectivity index (χ3v) is 5.51. The fraction of sp³-hybridized carbons (Fsp3) is 0.227. The minimum Gasteiger partial charge on any atom is -0.455 e. The lowest BCUT2D eigenvalue weighted by Gasteiger charge is -2.08. The predicted octanol–water partition coefficient (Wildman–Crippen LogP) is 4.07. The van der Waals surface area contributed by atoms with Crippen LogP contribution in [0.15, 0.2) is 59.5 Å². The number of carbonyl (C=O) groups is 2. The third kappa shape index (κ3) is 5.26. The van der Waals surface area contributed by atoms with E-state index in [1.165, 1.54) is 11.8 Å². The molecule has 6 nitrogen and oxygen atoms in total. The highest BCUT2D eigenvalue weighted by Gasteiger charge is 2.16. The van der Waals surface area contributed by atoms with E-state index < -0.39 is 11.9 Å². The van der Waals surface area contributed by atoms with E-state index in [1.54, 1.807) is 4.68 Å². The van der Waals surface area contributed by atoms with Gasteiger partial charge in [-0.15, -0.1) is 11.8 Å². The van der Waals surface area contributed by atoms with Gasteiger partial charge < -0.3 is 10.1 Å².